The van der Waals surface area contributed by atoms with Gasteiger partial charge >= 0.3 is 5.97 Å². The maximum Gasteiger partial charge on any atom is 0.319 e. The molecule has 0 unspecified atom stereocenters. The van der Waals surface area contributed by atoms with Gasteiger partial charge in [0.15, 0.2) is 5.16 Å². The fourth-order valence-electron chi connectivity index (χ4n) is 2.90. The third-order valence-corrected chi connectivity index (χ3v) is 5.11. The molecule has 5 nitrogen and oxygen atoms in total. The van der Waals surface area contributed by atoms with Crippen LogP contribution in [0.4, 0.5) is 0 Å². The average molecular weight is 281 g/mol. The lowest BCUT2D eigenvalue weighted by molar-refractivity contribution is -0.137. The maximum atomic E-state index is 11.6. The van der Waals surface area contributed by atoms with Crippen molar-refractivity contribution in [3.63, 3.8) is 0 Å². The number of thioether (sulfide) groups is 1. The van der Waals surface area contributed by atoms with Gasteiger partial charge in [0, 0.05) is 12.5 Å². The summed E-state index contributed by atoms with van der Waals surface area (Å²) in [7, 11) is 0. The van der Waals surface area contributed by atoms with Gasteiger partial charge in [-0.05, 0) is 19.8 Å². The topological polar surface area (TPSA) is 57.0 Å². The predicted molar refractivity (Wildman–Crippen MR) is 72.1 cm³/mol. The Balaban J connectivity index is 1.79. The number of hydrogen-bond donors (Lipinski definition) is 0. The molecule has 1 aliphatic carbocycles. The molecule has 104 valence electrons. The molecule has 19 heavy (non-hydrogen) atoms. The van der Waals surface area contributed by atoms with Crippen molar-refractivity contribution in [2.45, 2.75) is 61.9 Å². The first-order valence-electron chi connectivity index (χ1n) is 7.00. The van der Waals surface area contributed by atoms with Gasteiger partial charge in [0.25, 0.3) is 0 Å². The fraction of sp³-hybridized carbons (Fsp3) is 0.769. The molecular formula is C13H19N3O2S. The Hall–Kier alpha value is -1.04. The lowest BCUT2D eigenvalue weighted by Gasteiger charge is -2.25. The molecule has 6 heteroatoms. The van der Waals surface area contributed by atoms with Crippen LogP contribution in [0.3, 0.4) is 0 Å². The number of carbonyl (C=O) groups is 1. The van der Waals surface area contributed by atoms with Crippen LogP contribution < -0.4 is 0 Å². The Morgan fingerprint density at radius 2 is 2.00 bits per heavy atom. The molecule has 0 amide bonds. The van der Waals surface area contributed by atoms with Crippen LogP contribution in [0, 0.1) is 6.92 Å². The summed E-state index contributed by atoms with van der Waals surface area (Å²) >= 11 is 1.52. The van der Waals surface area contributed by atoms with E-state index in [4.69, 9.17) is 4.74 Å². The number of ether oxygens (including phenoxy) is 1. The number of aromatic nitrogens is 3. The summed E-state index contributed by atoms with van der Waals surface area (Å²) in [4.78, 5) is 11.6. The zero-order valence-corrected chi connectivity index (χ0v) is 12.0. The molecule has 1 aliphatic heterocycles. The largest absolute Gasteiger partial charge is 0.465 e. The predicted octanol–water partition coefficient (Wildman–Crippen LogP) is 2.50. The number of hydrogen-bond acceptors (Lipinski definition) is 5. The van der Waals surface area contributed by atoms with E-state index in [1.165, 1.54) is 43.9 Å². The van der Waals surface area contributed by atoms with Crippen LogP contribution in [0.5, 0.6) is 0 Å². The van der Waals surface area contributed by atoms with Gasteiger partial charge in [-0.2, -0.15) is 0 Å². The maximum absolute atomic E-state index is 11.6. The minimum absolute atomic E-state index is 0.106. The highest BCUT2D eigenvalue weighted by Crippen LogP contribution is 2.35. The molecule has 0 N–H and O–H groups in total. The van der Waals surface area contributed by atoms with E-state index in [2.05, 4.69) is 14.8 Å². The van der Waals surface area contributed by atoms with Crippen LogP contribution in [-0.4, -0.2) is 32.6 Å². The van der Waals surface area contributed by atoms with E-state index in [0.717, 1.165) is 17.4 Å². The first-order valence-corrected chi connectivity index (χ1v) is 7.88. The third kappa shape index (κ3) is 2.63. The van der Waals surface area contributed by atoms with Crippen molar-refractivity contribution in [1.82, 2.24) is 14.8 Å². The highest BCUT2D eigenvalue weighted by molar-refractivity contribution is 8.00. The highest BCUT2D eigenvalue weighted by atomic mass is 32.2. The normalized spacial score (nSPS) is 24.7. The molecule has 1 saturated carbocycles. The smallest absolute Gasteiger partial charge is 0.319 e. The third-order valence-electron chi connectivity index (χ3n) is 3.91. The van der Waals surface area contributed by atoms with E-state index >= 15 is 0 Å². The molecular weight excluding hydrogens is 262 g/mol. The number of cyclic esters (lactones) is 1. The van der Waals surface area contributed by atoms with E-state index in [-0.39, 0.29) is 11.2 Å². The van der Waals surface area contributed by atoms with Crippen molar-refractivity contribution >= 4 is 17.7 Å². The van der Waals surface area contributed by atoms with Crippen molar-refractivity contribution in [3.8, 4) is 0 Å². The van der Waals surface area contributed by atoms with Crippen LogP contribution in [-0.2, 0) is 9.53 Å². The molecule has 1 aromatic rings. The Morgan fingerprint density at radius 3 is 2.68 bits per heavy atom. The fourth-order valence-corrected chi connectivity index (χ4v) is 4.02. The Labute approximate surface area is 117 Å². The molecule has 1 aromatic heterocycles. The lowest BCUT2D eigenvalue weighted by Crippen LogP contribution is -2.17. The molecule has 2 aliphatic rings. The summed E-state index contributed by atoms with van der Waals surface area (Å²) in [5, 5.41) is 9.23. The number of esters is 1. The van der Waals surface area contributed by atoms with Crippen molar-refractivity contribution in [2.75, 3.05) is 6.61 Å². The number of rotatable bonds is 3. The summed E-state index contributed by atoms with van der Waals surface area (Å²) in [5.74, 6) is 0.849. The number of aryl methyl sites for hydroxylation is 1. The molecule has 1 saturated heterocycles. The molecule has 0 aromatic carbocycles. The van der Waals surface area contributed by atoms with Gasteiger partial charge in [-0.25, -0.2) is 0 Å². The minimum Gasteiger partial charge on any atom is -0.465 e. The van der Waals surface area contributed by atoms with E-state index in [1.54, 1.807) is 0 Å². The summed E-state index contributed by atoms with van der Waals surface area (Å²) in [5.41, 5.74) is 0. The van der Waals surface area contributed by atoms with Gasteiger partial charge in [0.1, 0.15) is 11.1 Å². The van der Waals surface area contributed by atoms with Crippen LogP contribution in [0.1, 0.15) is 50.4 Å². The van der Waals surface area contributed by atoms with Crippen molar-refractivity contribution in [2.24, 2.45) is 0 Å². The van der Waals surface area contributed by atoms with Gasteiger partial charge in [-0.1, -0.05) is 31.0 Å². The Kier molecular flexibility index (Phi) is 3.77. The number of nitrogens with zero attached hydrogens (tertiary/aromatic N) is 3. The van der Waals surface area contributed by atoms with Crippen LogP contribution in [0.25, 0.3) is 0 Å². The van der Waals surface area contributed by atoms with Crippen LogP contribution >= 0.6 is 11.8 Å². The lowest BCUT2D eigenvalue weighted by atomic mass is 9.95. The van der Waals surface area contributed by atoms with Gasteiger partial charge in [-0.15, -0.1) is 10.2 Å². The second-order valence-corrected chi connectivity index (χ2v) is 6.42. The number of carbonyl (C=O) groups excluding carboxylic acids is 1. The monoisotopic (exact) mass is 281 g/mol. The van der Waals surface area contributed by atoms with E-state index < -0.39 is 0 Å². The molecule has 2 fully saturated rings. The Bertz CT molecular complexity index is 468. The highest BCUT2D eigenvalue weighted by Gasteiger charge is 2.31. The van der Waals surface area contributed by atoms with Crippen molar-refractivity contribution < 1.29 is 9.53 Å². The molecule has 0 bridgehead atoms. The molecule has 0 radical (unpaired) electrons. The van der Waals surface area contributed by atoms with E-state index in [1.807, 2.05) is 6.92 Å². The molecule has 2 heterocycles. The first-order chi connectivity index (χ1) is 9.25. The van der Waals surface area contributed by atoms with E-state index in [9.17, 15) is 4.79 Å². The second kappa shape index (κ2) is 5.53. The van der Waals surface area contributed by atoms with Crippen LogP contribution in [0.15, 0.2) is 5.16 Å². The first kappa shape index (κ1) is 13.0. The van der Waals surface area contributed by atoms with Crippen molar-refractivity contribution in [3.05, 3.63) is 5.82 Å². The van der Waals surface area contributed by atoms with Crippen LogP contribution in [0.2, 0.25) is 0 Å². The standard InChI is InChI=1S/C13H19N3O2S/c1-9-14-15-13(19-11-7-8-18-12(11)17)16(9)10-5-3-2-4-6-10/h10-11H,2-8H2,1H3/t11-/m0/s1. The van der Waals surface area contributed by atoms with Gasteiger partial charge < -0.3 is 9.30 Å². The molecule has 0 spiro atoms. The Morgan fingerprint density at radius 1 is 1.21 bits per heavy atom. The molecule has 3 rings (SSSR count). The minimum atomic E-state index is -0.110. The average Bonchev–Trinajstić information content (AvgIpc) is 2.98. The molecule has 1 atom stereocenters. The quantitative estimate of drug-likeness (QED) is 0.797. The SMILES string of the molecule is Cc1nnc(S[C@H]2CCOC2=O)n1C1CCCCC1. The zero-order valence-electron chi connectivity index (χ0n) is 11.2. The summed E-state index contributed by atoms with van der Waals surface area (Å²) in [6.07, 6.45) is 7.05. The van der Waals surface area contributed by atoms with Gasteiger partial charge in [0.05, 0.1) is 6.61 Å². The summed E-state index contributed by atoms with van der Waals surface area (Å²) in [6, 6.07) is 0.503. The van der Waals surface area contributed by atoms with Crippen molar-refractivity contribution in [1.29, 1.82) is 0 Å². The summed E-state index contributed by atoms with van der Waals surface area (Å²) in [6.45, 7) is 2.53. The zero-order chi connectivity index (χ0) is 13.2. The summed E-state index contributed by atoms with van der Waals surface area (Å²) < 4.78 is 7.24. The van der Waals surface area contributed by atoms with E-state index in [0.29, 0.717) is 12.6 Å². The van der Waals surface area contributed by atoms with Gasteiger partial charge in [0.2, 0.25) is 0 Å². The van der Waals surface area contributed by atoms with Gasteiger partial charge in [-0.3, -0.25) is 4.79 Å². The second-order valence-electron chi connectivity index (χ2n) is 5.25.